The van der Waals surface area contributed by atoms with E-state index in [0.29, 0.717) is 42.5 Å². The highest BCUT2D eigenvalue weighted by atomic mass is 19.4. The summed E-state index contributed by atoms with van der Waals surface area (Å²) in [5.41, 5.74) is 3.26. The van der Waals surface area contributed by atoms with Gasteiger partial charge in [0.15, 0.2) is 11.5 Å². The highest BCUT2D eigenvalue weighted by Gasteiger charge is 2.32. The van der Waals surface area contributed by atoms with Crippen LogP contribution in [0.3, 0.4) is 0 Å². The number of benzene rings is 1. The number of amides is 2. The molecule has 46 heavy (non-hydrogen) atoms. The fourth-order valence-electron chi connectivity index (χ4n) is 5.24. The Kier molecular flexibility index (Phi) is 8.54. The Hall–Kier alpha value is -5.11. The zero-order chi connectivity index (χ0) is 32.4. The Morgan fingerprint density at radius 1 is 1.00 bits per heavy atom. The van der Waals surface area contributed by atoms with E-state index in [1.54, 1.807) is 25.4 Å². The number of aromatic nitrogens is 4. The van der Waals surface area contributed by atoms with Crippen molar-refractivity contribution in [3.63, 3.8) is 0 Å². The van der Waals surface area contributed by atoms with E-state index in [-0.39, 0.29) is 29.3 Å². The summed E-state index contributed by atoms with van der Waals surface area (Å²) >= 11 is 0. The number of para-hydroxylation sites is 1. The second-order valence-corrected chi connectivity index (χ2v) is 11.2. The van der Waals surface area contributed by atoms with Crippen LogP contribution in [-0.4, -0.2) is 64.1 Å². The molecule has 6 rings (SSSR count). The molecule has 0 unspecified atom stereocenters. The van der Waals surface area contributed by atoms with Gasteiger partial charge in [-0.3, -0.25) is 24.5 Å². The summed E-state index contributed by atoms with van der Waals surface area (Å²) in [6.07, 6.45) is -0.0916. The molecule has 1 aromatic carbocycles. The molecular weight excluding hydrogens is 601 g/mol. The van der Waals surface area contributed by atoms with Gasteiger partial charge in [0.1, 0.15) is 5.75 Å². The lowest BCUT2D eigenvalue weighted by atomic mass is 9.94. The van der Waals surface area contributed by atoms with E-state index in [1.165, 1.54) is 13.1 Å². The lowest BCUT2D eigenvalue weighted by Crippen LogP contribution is -2.44. The van der Waals surface area contributed by atoms with Gasteiger partial charge in [0.2, 0.25) is 5.91 Å². The van der Waals surface area contributed by atoms with Gasteiger partial charge in [-0.2, -0.15) is 13.2 Å². The molecule has 1 saturated carbocycles. The van der Waals surface area contributed by atoms with Gasteiger partial charge in [-0.25, -0.2) is 0 Å². The third kappa shape index (κ3) is 6.76. The number of rotatable bonds is 10. The Balaban J connectivity index is 1.15. The summed E-state index contributed by atoms with van der Waals surface area (Å²) in [6.45, 7) is 1.90. The standard InChI is InChI=1S/C32H31F3N8O3/c1-36-31(45)28-26(12-27(41-42-28)40-30(44)18-6-7-18)39-25-5-3-4-23(29(25)46-2)19-8-11-24(38-13-19)20-15-43(16-20)17-22-10-9-21(14-37-22)32(33,34)35/h3-5,8-14,18,20H,6-7,15-17H2,1-2H3,(H,36,45)(H2,39,40,41,44). The van der Waals surface area contributed by atoms with E-state index in [1.807, 2.05) is 24.3 Å². The highest BCUT2D eigenvalue weighted by Crippen LogP contribution is 2.39. The monoisotopic (exact) mass is 632 g/mol. The number of anilines is 3. The van der Waals surface area contributed by atoms with Crippen molar-refractivity contribution in [2.45, 2.75) is 31.5 Å². The Morgan fingerprint density at radius 2 is 1.80 bits per heavy atom. The minimum Gasteiger partial charge on any atom is -0.494 e. The summed E-state index contributed by atoms with van der Waals surface area (Å²) in [5.74, 6) is 0.327. The second-order valence-electron chi connectivity index (χ2n) is 11.2. The molecule has 1 saturated heterocycles. The number of hydrogen-bond acceptors (Lipinski definition) is 9. The molecule has 1 aliphatic heterocycles. The zero-order valence-electron chi connectivity index (χ0n) is 25.1. The number of methoxy groups -OCH3 is 1. The third-order valence-corrected chi connectivity index (χ3v) is 7.93. The molecule has 1 aliphatic carbocycles. The van der Waals surface area contributed by atoms with Gasteiger partial charge in [0.25, 0.3) is 5.91 Å². The molecule has 3 aromatic heterocycles. The number of pyridine rings is 2. The lowest BCUT2D eigenvalue weighted by molar-refractivity contribution is -0.137. The van der Waals surface area contributed by atoms with Gasteiger partial charge in [0.05, 0.1) is 29.7 Å². The number of halogens is 3. The predicted molar refractivity (Wildman–Crippen MR) is 164 cm³/mol. The molecule has 2 amide bonds. The number of hydrogen-bond donors (Lipinski definition) is 3. The van der Waals surface area contributed by atoms with Crippen LogP contribution in [0.4, 0.5) is 30.4 Å². The quantitative estimate of drug-likeness (QED) is 0.221. The maximum Gasteiger partial charge on any atom is 0.417 e. The van der Waals surface area contributed by atoms with Crippen LogP contribution in [-0.2, 0) is 17.5 Å². The molecule has 238 valence electrons. The van der Waals surface area contributed by atoms with Crippen LogP contribution >= 0.6 is 0 Å². The molecule has 0 atom stereocenters. The van der Waals surface area contributed by atoms with Crippen molar-refractivity contribution in [1.82, 2.24) is 30.4 Å². The van der Waals surface area contributed by atoms with Crippen molar-refractivity contribution in [3.8, 4) is 16.9 Å². The Labute approximate surface area is 262 Å². The van der Waals surface area contributed by atoms with E-state index in [0.717, 1.165) is 41.9 Å². The molecule has 0 radical (unpaired) electrons. The van der Waals surface area contributed by atoms with E-state index in [4.69, 9.17) is 9.72 Å². The molecule has 2 aliphatic rings. The van der Waals surface area contributed by atoms with Crippen molar-refractivity contribution in [3.05, 3.63) is 83.6 Å². The molecule has 11 nitrogen and oxygen atoms in total. The summed E-state index contributed by atoms with van der Waals surface area (Å²) < 4.78 is 44.2. The van der Waals surface area contributed by atoms with Crippen LogP contribution in [0.25, 0.3) is 11.1 Å². The number of nitrogens with one attached hydrogen (secondary N) is 3. The first-order valence-corrected chi connectivity index (χ1v) is 14.7. The number of nitrogens with zero attached hydrogens (tertiary/aromatic N) is 5. The number of likely N-dealkylation sites (tertiary alicyclic amines) is 1. The van der Waals surface area contributed by atoms with Crippen molar-refractivity contribution >= 4 is 29.0 Å². The molecule has 2 fully saturated rings. The molecular formula is C32H31F3N8O3. The van der Waals surface area contributed by atoms with Crippen molar-refractivity contribution in [2.75, 3.05) is 37.9 Å². The van der Waals surface area contributed by atoms with E-state index in [9.17, 15) is 22.8 Å². The minimum absolute atomic E-state index is 0.0261. The van der Waals surface area contributed by atoms with Crippen LogP contribution in [0.1, 0.15) is 46.2 Å². The minimum atomic E-state index is -4.40. The number of ether oxygens (including phenoxy) is 1. The molecule has 0 spiro atoms. The van der Waals surface area contributed by atoms with Gasteiger partial charge in [-0.05, 0) is 37.1 Å². The van der Waals surface area contributed by atoms with E-state index < -0.39 is 17.6 Å². The highest BCUT2D eigenvalue weighted by molar-refractivity contribution is 6.00. The van der Waals surface area contributed by atoms with Crippen LogP contribution in [0, 0.1) is 5.92 Å². The summed E-state index contributed by atoms with van der Waals surface area (Å²) in [5, 5.41) is 16.6. The summed E-state index contributed by atoms with van der Waals surface area (Å²) in [7, 11) is 3.04. The van der Waals surface area contributed by atoms with E-state index in [2.05, 4.69) is 36.0 Å². The maximum absolute atomic E-state index is 12.8. The number of alkyl halides is 3. The smallest absolute Gasteiger partial charge is 0.417 e. The van der Waals surface area contributed by atoms with Crippen molar-refractivity contribution in [2.24, 2.45) is 5.92 Å². The second kappa shape index (κ2) is 12.7. The van der Waals surface area contributed by atoms with Crippen LogP contribution in [0.15, 0.2) is 60.9 Å². The van der Waals surface area contributed by atoms with Gasteiger partial charge in [-0.1, -0.05) is 18.2 Å². The van der Waals surface area contributed by atoms with Crippen molar-refractivity contribution in [1.29, 1.82) is 0 Å². The fourth-order valence-corrected chi connectivity index (χ4v) is 5.24. The molecule has 4 heterocycles. The van der Waals surface area contributed by atoms with Gasteiger partial charge >= 0.3 is 6.18 Å². The van der Waals surface area contributed by atoms with Crippen molar-refractivity contribution < 1.29 is 27.5 Å². The van der Waals surface area contributed by atoms with Gasteiger partial charge in [0, 0.05) is 73.8 Å². The van der Waals surface area contributed by atoms with Gasteiger partial charge < -0.3 is 20.7 Å². The summed E-state index contributed by atoms with van der Waals surface area (Å²) in [4.78, 5) is 35.6. The normalized spacial score (nSPS) is 15.2. The van der Waals surface area contributed by atoms with E-state index >= 15 is 0 Å². The molecule has 0 bridgehead atoms. The first-order chi connectivity index (χ1) is 22.1. The summed E-state index contributed by atoms with van der Waals surface area (Å²) in [6, 6.07) is 13.5. The van der Waals surface area contributed by atoms with Gasteiger partial charge in [-0.15, -0.1) is 10.2 Å². The molecule has 14 heteroatoms. The largest absolute Gasteiger partial charge is 0.494 e. The average Bonchev–Trinajstić information content (AvgIpc) is 3.88. The topological polar surface area (TPSA) is 134 Å². The van der Waals surface area contributed by atoms with Crippen LogP contribution < -0.4 is 20.7 Å². The Morgan fingerprint density at radius 3 is 2.43 bits per heavy atom. The molecule has 3 N–H and O–H groups in total. The number of carbonyl (C=O) groups excluding carboxylic acids is 2. The predicted octanol–water partition coefficient (Wildman–Crippen LogP) is 5.01. The first kappa shape index (κ1) is 30.9. The fraction of sp³-hybridized carbons (Fsp3) is 0.312. The third-order valence-electron chi connectivity index (χ3n) is 7.93. The SMILES string of the molecule is CNC(=O)c1nnc(NC(=O)C2CC2)cc1Nc1cccc(-c2ccc(C3CN(Cc4ccc(C(F)(F)F)cn4)C3)nc2)c1OC. The molecule has 4 aromatic rings. The average molecular weight is 633 g/mol. The van der Waals surface area contributed by atoms with Crippen LogP contribution in [0.2, 0.25) is 0 Å². The maximum atomic E-state index is 12.8. The zero-order valence-corrected chi connectivity index (χ0v) is 25.1. The lowest BCUT2D eigenvalue weighted by Gasteiger charge is -2.38. The van der Waals surface area contributed by atoms with Crippen LogP contribution in [0.5, 0.6) is 5.75 Å². The first-order valence-electron chi connectivity index (χ1n) is 14.7. The number of carbonyl (C=O) groups is 2. The Bertz CT molecular complexity index is 1740.